The fraction of sp³-hybridized carbons (Fsp3) is 0.529. The van der Waals surface area contributed by atoms with E-state index < -0.39 is 10.0 Å². The van der Waals surface area contributed by atoms with Crippen LogP contribution < -0.4 is 10.0 Å². The van der Waals surface area contributed by atoms with Gasteiger partial charge in [-0.2, -0.15) is 0 Å². The van der Waals surface area contributed by atoms with Crippen LogP contribution in [0.1, 0.15) is 31.7 Å². The lowest BCUT2D eigenvalue weighted by molar-refractivity contribution is -0.132. The molecule has 1 amide bonds. The molecule has 0 aromatic heterocycles. The molecule has 0 bridgehead atoms. The maximum Gasteiger partial charge on any atom is 0.263 e. The summed E-state index contributed by atoms with van der Waals surface area (Å²) in [6.07, 6.45) is 2.31. The zero-order valence-corrected chi connectivity index (χ0v) is 16.6. The molecule has 9 heteroatoms. The first kappa shape index (κ1) is 20.7. The number of sulfonamides is 1. The number of rotatable bonds is 5. The summed E-state index contributed by atoms with van der Waals surface area (Å²) in [5, 5.41) is 3.13. The molecule has 1 aromatic carbocycles. The number of amidine groups is 1. The zero-order valence-electron chi connectivity index (χ0n) is 14.9. The van der Waals surface area contributed by atoms with Gasteiger partial charge in [0.05, 0.1) is 10.9 Å². The third-order valence-corrected chi connectivity index (χ3v) is 6.02. The number of carbonyl (C=O) groups is 1. The van der Waals surface area contributed by atoms with Gasteiger partial charge in [-0.3, -0.25) is 14.5 Å². The molecule has 2 atom stereocenters. The summed E-state index contributed by atoms with van der Waals surface area (Å²) in [6, 6.07) is 6.68. The number of hydrogen-bond donors (Lipinski definition) is 2. The Morgan fingerprint density at radius 2 is 2.15 bits per heavy atom. The van der Waals surface area contributed by atoms with Crippen molar-refractivity contribution in [2.75, 3.05) is 20.1 Å². The van der Waals surface area contributed by atoms with E-state index in [1.807, 2.05) is 18.9 Å². The van der Waals surface area contributed by atoms with Gasteiger partial charge in [0, 0.05) is 31.1 Å². The van der Waals surface area contributed by atoms with E-state index >= 15 is 0 Å². The maximum absolute atomic E-state index is 12.6. The summed E-state index contributed by atoms with van der Waals surface area (Å²) >= 11 is 0. The van der Waals surface area contributed by atoms with E-state index in [1.165, 1.54) is 0 Å². The SMILES string of the molecule is CNCC1CCCN1C(=O)CC(C)N=C1NS(=O)(=O)c2ccccc21.Cl. The molecule has 0 spiro atoms. The van der Waals surface area contributed by atoms with Crippen molar-refractivity contribution < 1.29 is 13.2 Å². The smallest absolute Gasteiger partial charge is 0.263 e. The molecule has 2 aliphatic rings. The molecular formula is C17H25ClN4O3S. The molecule has 0 aliphatic carbocycles. The normalized spacial score (nSPS) is 23.2. The van der Waals surface area contributed by atoms with Crippen LogP contribution >= 0.6 is 12.4 Å². The summed E-state index contributed by atoms with van der Waals surface area (Å²) in [7, 11) is -1.66. The van der Waals surface area contributed by atoms with E-state index in [-0.39, 0.29) is 41.7 Å². The van der Waals surface area contributed by atoms with Crippen LogP contribution in [0.25, 0.3) is 0 Å². The Hall–Kier alpha value is -1.64. The minimum absolute atomic E-state index is 0. The van der Waals surface area contributed by atoms with Crippen molar-refractivity contribution in [3.63, 3.8) is 0 Å². The lowest BCUT2D eigenvalue weighted by atomic mass is 10.1. The average Bonchev–Trinajstić information content (AvgIpc) is 3.11. The van der Waals surface area contributed by atoms with Crippen LogP contribution in [0.2, 0.25) is 0 Å². The third kappa shape index (κ3) is 4.19. The number of hydrogen-bond acceptors (Lipinski definition) is 5. The molecule has 0 radical (unpaired) electrons. The highest BCUT2D eigenvalue weighted by Crippen LogP contribution is 2.23. The van der Waals surface area contributed by atoms with Crippen LogP contribution in [0.15, 0.2) is 34.2 Å². The van der Waals surface area contributed by atoms with Gasteiger partial charge in [-0.25, -0.2) is 8.42 Å². The van der Waals surface area contributed by atoms with Gasteiger partial charge < -0.3 is 10.2 Å². The summed E-state index contributed by atoms with van der Waals surface area (Å²) in [6.45, 7) is 3.41. The molecule has 2 aliphatic heterocycles. The van der Waals surface area contributed by atoms with Gasteiger partial charge >= 0.3 is 0 Å². The van der Waals surface area contributed by atoms with Crippen LogP contribution in [-0.2, 0) is 14.8 Å². The van der Waals surface area contributed by atoms with Gasteiger partial charge in [0.15, 0.2) is 0 Å². The summed E-state index contributed by atoms with van der Waals surface area (Å²) in [4.78, 5) is 19.2. The van der Waals surface area contributed by atoms with Crippen LogP contribution in [-0.4, -0.2) is 57.3 Å². The van der Waals surface area contributed by atoms with Crippen molar-refractivity contribution in [2.24, 2.45) is 4.99 Å². The number of likely N-dealkylation sites (tertiary alicyclic amines) is 1. The van der Waals surface area contributed by atoms with Gasteiger partial charge in [-0.05, 0) is 38.9 Å². The van der Waals surface area contributed by atoms with Gasteiger partial charge in [0.25, 0.3) is 10.0 Å². The lowest BCUT2D eigenvalue weighted by Crippen LogP contribution is -2.41. The van der Waals surface area contributed by atoms with Crippen molar-refractivity contribution >= 4 is 34.2 Å². The van der Waals surface area contributed by atoms with E-state index in [0.717, 1.165) is 25.9 Å². The number of carbonyl (C=O) groups excluding carboxylic acids is 1. The molecule has 7 nitrogen and oxygen atoms in total. The number of amides is 1. The second-order valence-corrected chi connectivity index (χ2v) is 8.22. The summed E-state index contributed by atoms with van der Waals surface area (Å²) < 4.78 is 26.7. The summed E-state index contributed by atoms with van der Waals surface area (Å²) in [5.74, 6) is 0.396. The molecule has 2 heterocycles. The first-order valence-electron chi connectivity index (χ1n) is 8.56. The minimum atomic E-state index is -3.55. The van der Waals surface area contributed by atoms with E-state index in [9.17, 15) is 13.2 Å². The quantitative estimate of drug-likeness (QED) is 0.775. The molecule has 26 heavy (non-hydrogen) atoms. The Morgan fingerprint density at radius 3 is 2.88 bits per heavy atom. The number of likely N-dealkylation sites (N-methyl/N-ethyl adjacent to an activating group) is 1. The van der Waals surface area contributed by atoms with Crippen molar-refractivity contribution in [2.45, 2.75) is 43.2 Å². The predicted molar refractivity (Wildman–Crippen MR) is 103 cm³/mol. The molecule has 0 saturated carbocycles. The highest BCUT2D eigenvalue weighted by molar-refractivity contribution is 7.90. The molecular weight excluding hydrogens is 376 g/mol. The second-order valence-electron chi connectivity index (χ2n) is 6.57. The highest BCUT2D eigenvalue weighted by Gasteiger charge is 2.32. The molecule has 2 N–H and O–H groups in total. The molecule has 1 fully saturated rings. The topological polar surface area (TPSA) is 90.9 Å². The van der Waals surface area contributed by atoms with E-state index in [1.54, 1.807) is 24.3 Å². The average molecular weight is 401 g/mol. The monoisotopic (exact) mass is 400 g/mol. The lowest BCUT2D eigenvalue weighted by Gasteiger charge is -2.25. The van der Waals surface area contributed by atoms with Gasteiger partial charge in [0.1, 0.15) is 5.84 Å². The van der Waals surface area contributed by atoms with Gasteiger partial charge in [0.2, 0.25) is 5.91 Å². The molecule has 144 valence electrons. The number of halogens is 1. The zero-order chi connectivity index (χ0) is 18.0. The van der Waals surface area contributed by atoms with Crippen LogP contribution in [0, 0.1) is 0 Å². The molecule has 1 aromatic rings. The number of fused-ring (bicyclic) bond motifs is 1. The van der Waals surface area contributed by atoms with E-state index in [0.29, 0.717) is 11.4 Å². The van der Waals surface area contributed by atoms with Gasteiger partial charge in [-0.1, -0.05) is 12.1 Å². The van der Waals surface area contributed by atoms with Crippen LogP contribution in [0.3, 0.4) is 0 Å². The highest BCUT2D eigenvalue weighted by atomic mass is 35.5. The first-order valence-corrected chi connectivity index (χ1v) is 10.0. The Labute approximate surface area is 160 Å². The largest absolute Gasteiger partial charge is 0.338 e. The van der Waals surface area contributed by atoms with E-state index in [4.69, 9.17) is 0 Å². The number of nitrogens with one attached hydrogen (secondary N) is 2. The molecule has 3 rings (SSSR count). The second kappa shape index (κ2) is 8.37. The Balaban J connectivity index is 0.00000243. The third-order valence-electron chi connectivity index (χ3n) is 4.62. The molecule has 1 saturated heterocycles. The number of benzene rings is 1. The van der Waals surface area contributed by atoms with Crippen molar-refractivity contribution in [3.8, 4) is 0 Å². The van der Waals surface area contributed by atoms with E-state index in [2.05, 4.69) is 15.0 Å². The summed E-state index contributed by atoms with van der Waals surface area (Å²) in [5.41, 5.74) is 0.566. The standard InChI is InChI=1S/C17H24N4O3S.ClH/c1-12(10-16(22)21-9-5-6-13(21)11-18-2)19-17-14-7-3-4-8-15(14)25(23,24)20-17;/h3-4,7-8,12-13,18H,5-6,9-11H2,1-2H3,(H,19,20);1H. The minimum Gasteiger partial charge on any atom is -0.338 e. The maximum atomic E-state index is 12.6. The Morgan fingerprint density at radius 1 is 1.42 bits per heavy atom. The van der Waals surface area contributed by atoms with Crippen LogP contribution in [0.4, 0.5) is 0 Å². The first-order chi connectivity index (χ1) is 11.9. The number of aliphatic imine (C=N–C) groups is 1. The Kier molecular flexibility index (Phi) is 6.65. The number of nitrogens with zero attached hydrogens (tertiary/aromatic N) is 2. The predicted octanol–water partition coefficient (Wildman–Crippen LogP) is 1.14. The van der Waals surface area contributed by atoms with Crippen molar-refractivity contribution in [3.05, 3.63) is 29.8 Å². The van der Waals surface area contributed by atoms with Gasteiger partial charge in [-0.15, -0.1) is 12.4 Å². The van der Waals surface area contributed by atoms with Crippen LogP contribution in [0.5, 0.6) is 0 Å². The Bertz CT molecular complexity index is 797. The fourth-order valence-corrected chi connectivity index (χ4v) is 4.72. The van der Waals surface area contributed by atoms with Crippen molar-refractivity contribution in [1.29, 1.82) is 0 Å². The molecule has 2 unspecified atom stereocenters. The fourth-order valence-electron chi connectivity index (χ4n) is 3.48. The van der Waals surface area contributed by atoms with Crippen molar-refractivity contribution in [1.82, 2.24) is 14.9 Å².